The van der Waals surface area contributed by atoms with Gasteiger partial charge in [0.15, 0.2) is 0 Å². The molecule has 6 heteroatoms. The van der Waals surface area contributed by atoms with Crippen molar-refractivity contribution in [1.82, 2.24) is 15.2 Å². The van der Waals surface area contributed by atoms with Gasteiger partial charge in [-0.2, -0.15) is 0 Å². The van der Waals surface area contributed by atoms with E-state index in [2.05, 4.69) is 28.4 Å². The topological polar surface area (TPSA) is 54.5 Å². The Labute approximate surface area is 199 Å². The molecule has 0 saturated heterocycles. The van der Waals surface area contributed by atoms with E-state index in [4.69, 9.17) is 9.72 Å². The number of nitrogens with zero attached hydrogens (tertiary/aromatic N) is 2. The summed E-state index contributed by atoms with van der Waals surface area (Å²) < 4.78 is 5.84. The lowest BCUT2D eigenvalue weighted by Crippen LogP contribution is -2.27. The molecule has 2 aromatic heterocycles. The molecule has 33 heavy (non-hydrogen) atoms. The predicted molar refractivity (Wildman–Crippen MR) is 136 cm³/mol. The van der Waals surface area contributed by atoms with Crippen LogP contribution in [0, 0.1) is 6.92 Å². The second-order valence-corrected chi connectivity index (χ2v) is 9.36. The molecule has 0 aliphatic rings. The first-order valence-corrected chi connectivity index (χ1v) is 11.9. The highest BCUT2D eigenvalue weighted by Gasteiger charge is 2.18. The van der Waals surface area contributed by atoms with Crippen molar-refractivity contribution < 1.29 is 9.53 Å². The van der Waals surface area contributed by atoms with E-state index in [1.165, 1.54) is 0 Å². The molecule has 0 saturated carbocycles. The number of hydrogen-bond donors (Lipinski definition) is 1. The molecular weight excluding hydrogens is 430 g/mol. The molecule has 1 N–H and O–H groups in total. The van der Waals surface area contributed by atoms with E-state index in [9.17, 15) is 4.79 Å². The number of amides is 1. The van der Waals surface area contributed by atoms with E-state index < -0.39 is 0 Å². The van der Waals surface area contributed by atoms with Gasteiger partial charge < -0.3 is 15.0 Å². The highest BCUT2D eigenvalue weighted by molar-refractivity contribution is 7.13. The molecule has 4 aromatic rings. The zero-order chi connectivity index (χ0) is 23.4. The quantitative estimate of drug-likeness (QED) is 0.367. The number of nitrogens with one attached hydrogen (secondary N) is 1. The van der Waals surface area contributed by atoms with Crippen molar-refractivity contribution in [3.05, 3.63) is 82.7 Å². The van der Waals surface area contributed by atoms with E-state index in [0.29, 0.717) is 17.9 Å². The molecule has 0 unspecified atom stereocenters. The van der Waals surface area contributed by atoms with Gasteiger partial charge >= 0.3 is 0 Å². The second kappa shape index (κ2) is 10.1. The fourth-order valence-electron chi connectivity index (χ4n) is 3.74. The van der Waals surface area contributed by atoms with Gasteiger partial charge in [-0.05, 0) is 74.8 Å². The standard InChI is InChI=1S/C27H29N3O2S/c1-18-11-12-20(32-14-13-30(3)4)16-22(18)27(31)28-19(2)23-17-25(26-10-7-15-33-26)29-24-9-6-5-8-21(23)24/h5-12,15-17,19H,13-14H2,1-4H3,(H,28,31)/t19-/m1/s1. The normalized spacial score (nSPS) is 12.2. The SMILES string of the molecule is Cc1ccc(OCCN(C)C)cc1C(=O)N[C@H](C)c1cc(-c2cccs2)nc2ccccc12. The van der Waals surface area contributed by atoms with E-state index >= 15 is 0 Å². The third kappa shape index (κ3) is 5.41. The number of rotatable bonds is 8. The fraction of sp³-hybridized carbons (Fsp3) is 0.259. The second-order valence-electron chi connectivity index (χ2n) is 8.41. The van der Waals surface area contributed by atoms with Gasteiger partial charge in [0.25, 0.3) is 5.91 Å². The number of carbonyl (C=O) groups excluding carboxylic acids is 1. The summed E-state index contributed by atoms with van der Waals surface area (Å²) in [4.78, 5) is 21.3. The van der Waals surface area contributed by atoms with Gasteiger partial charge in [0, 0.05) is 17.5 Å². The molecule has 2 heterocycles. The number of likely N-dealkylation sites (N-methyl/N-ethyl adjacent to an activating group) is 1. The number of aryl methyl sites for hydroxylation is 1. The maximum Gasteiger partial charge on any atom is 0.252 e. The molecule has 0 aliphatic carbocycles. The number of fused-ring (bicyclic) bond motifs is 1. The van der Waals surface area contributed by atoms with Crippen LogP contribution < -0.4 is 10.1 Å². The summed E-state index contributed by atoms with van der Waals surface area (Å²) in [5, 5.41) is 6.29. The Morgan fingerprint density at radius 3 is 2.70 bits per heavy atom. The predicted octanol–water partition coefficient (Wildman–Crippen LogP) is 5.70. The van der Waals surface area contributed by atoms with E-state index in [1.807, 2.05) is 75.8 Å². The Morgan fingerprint density at radius 2 is 1.94 bits per heavy atom. The largest absolute Gasteiger partial charge is 0.492 e. The minimum atomic E-state index is -0.193. The highest BCUT2D eigenvalue weighted by Crippen LogP contribution is 2.31. The Kier molecular flexibility index (Phi) is 7.06. The van der Waals surface area contributed by atoms with Gasteiger partial charge in [-0.25, -0.2) is 4.98 Å². The first-order valence-electron chi connectivity index (χ1n) is 11.0. The average molecular weight is 460 g/mol. The van der Waals surface area contributed by atoms with Crippen molar-refractivity contribution in [2.24, 2.45) is 0 Å². The van der Waals surface area contributed by atoms with Gasteiger partial charge in [0.2, 0.25) is 0 Å². The monoisotopic (exact) mass is 459 g/mol. The molecule has 1 atom stereocenters. The summed E-state index contributed by atoms with van der Waals surface area (Å²) >= 11 is 1.66. The zero-order valence-electron chi connectivity index (χ0n) is 19.5. The first kappa shape index (κ1) is 23.0. The summed E-state index contributed by atoms with van der Waals surface area (Å²) in [5.41, 5.74) is 4.44. The van der Waals surface area contributed by atoms with Crippen LogP contribution in [0.4, 0.5) is 0 Å². The van der Waals surface area contributed by atoms with Crippen LogP contribution in [0.2, 0.25) is 0 Å². The molecule has 0 bridgehead atoms. The molecule has 2 aromatic carbocycles. The van der Waals surface area contributed by atoms with Gasteiger partial charge in [0.1, 0.15) is 12.4 Å². The summed E-state index contributed by atoms with van der Waals surface area (Å²) in [6, 6.07) is 19.7. The number of carbonyl (C=O) groups is 1. The van der Waals surface area contributed by atoms with Crippen molar-refractivity contribution in [3.8, 4) is 16.3 Å². The number of benzene rings is 2. The Morgan fingerprint density at radius 1 is 1.12 bits per heavy atom. The zero-order valence-corrected chi connectivity index (χ0v) is 20.3. The lowest BCUT2D eigenvalue weighted by molar-refractivity contribution is 0.0939. The van der Waals surface area contributed by atoms with E-state index in [0.717, 1.165) is 39.1 Å². The summed E-state index contributed by atoms with van der Waals surface area (Å²) in [6.45, 7) is 5.35. The number of ether oxygens (including phenoxy) is 1. The molecule has 1 amide bonds. The Hall–Kier alpha value is -3.22. The van der Waals surface area contributed by atoms with Crippen LogP contribution in [0.25, 0.3) is 21.5 Å². The number of pyridine rings is 1. The number of thiophene rings is 1. The first-order chi connectivity index (χ1) is 15.9. The summed E-state index contributed by atoms with van der Waals surface area (Å²) in [7, 11) is 4.01. The fourth-order valence-corrected chi connectivity index (χ4v) is 4.43. The van der Waals surface area contributed by atoms with Crippen LogP contribution in [0.5, 0.6) is 5.75 Å². The third-order valence-corrected chi connectivity index (χ3v) is 6.49. The molecule has 0 aliphatic heterocycles. The molecule has 0 radical (unpaired) electrons. The van der Waals surface area contributed by atoms with Crippen molar-refractivity contribution in [2.75, 3.05) is 27.2 Å². The molecule has 0 spiro atoms. The molecule has 170 valence electrons. The van der Waals surface area contributed by atoms with E-state index in [1.54, 1.807) is 11.3 Å². The van der Waals surface area contributed by atoms with Crippen molar-refractivity contribution in [3.63, 3.8) is 0 Å². The van der Waals surface area contributed by atoms with Gasteiger partial charge in [-0.1, -0.05) is 30.3 Å². The van der Waals surface area contributed by atoms with Crippen LogP contribution in [-0.2, 0) is 0 Å². The molecule has 4 rings (SSSR count). The van der Waals surface area contributed by atoms with Gasteiger partial charge in [-0.3, -0.25) is 4.79 Å². The van der Waals surface area contributed by atoms with Crippen LogP contribution in [0.3, 0.4) is 0 Å². The lowest BCUT2D eigenvalue weighted by atomic mass is 10.0. The van der Waals surface area contributed by atoms with Crippen molar-refractivity contribution in [1.29, 1.82) is 0 Å². The lowest BCUT2D eigenvalue weighted by Gasteiger charge is -2.19. The smallest absolute Gasteiger partial charge is 0.252 e. The maximum absolute atomic E-state index is 13.2. The number of hydrogen-bond acceptors (Lipinski definition) is 5. The maximum atomic E-state index is 13.2. The number of aromatic nitrogens is 1. The van der Waals surface area contributed by atoms with Crippen LogP contribution in [0.15, 0.2) is 66.0 Å². The molecular formula is C27H29N3O2S. The summed E-state index contributed by atoms with van der Waals surface area (Å²) in [6.07, 6.45) is 0. The minimum absolute atomic E-state index is 0.114. The third-order valence-electron chi connectivity index (χ3n) is 5.60. The van der Waals surface area contributed by atoms with Crippen molar-refractivity contribution in [2.45, 2.75) is 19.9 Å². The molecule has 0 fully saturated rings. The van der Waals surface area contributed by atoms with E-state index in [-0.39, 0.29) is 11.9 Å². The van der Waals surface area contributed by atoms with Crippen LogP contribution in [-0.4, -0.2) is 43.0 Å². The van der Waals surface area contributed by atoms with Gasteiger partial charge in [0.05, 0.1) is 22.1 Å². The Bertz CT molecular complexity index is 1250. The number of para-hydroxylation sites is 1. The van der Waals surface area contributed by atoms with Gasteiger partial charge in [-0.15, -0.1) is 11.3 Å². The van der Waals surface area contributed by atoms with Crippen molar-refractivity contribution >= 4 is 28.1 Å². The average Bonchev–Trinajstić information content (AvgIpc) is 3.34. The molecule has 5 nitrogen and oxygen atoms in total. The van der Waals surface area contributed by atoms with Crippen LogP contribution in [0.1, 0.15) is 34.5 Å². The summed E-state index contributed by atoms with van der Waals surface area (Å²) in [5.74, 6) is 0.589. The minimum Gasteiger partial charge on any atom is -0.492 e. The van der Waals surface area contributed by atoms with Crippen LogP contribution >= 0.6 is 11.3 Å². The Balaban J connectivity index is 1.60. The highest BCUT2D eigenvalue weighted by atomic mass is 32.1.